The second kappa shape index (κ2) is 4.67. The van der Waals surface area contributed by atoms with Crippen LogP contribution in [-0.2, 0) is 6.42 Å². The maximum atomic E-state index is 11.3. The molecule has 5 nitrogen and oxygen atoms in total. The van der Waals surface area contributed by atoms with Crippen LogP contribution in [0, 0.1) is 13.8 Å². The monoisotopic (exact) mass is 271 g/mol. The molecule has 5 heteroatoms. The zero-order chi connectivity index (χ0) is 14.3. The number of aromatic carboxylic acids is 1. The first-order chi connectivity index (χ1) is 9.58. The molecule has 0 spiro atoms. The van der Waals surface area contributed by atoms with Crippen LogP contribution in [0.5, 0.6) is 0 Å². The molecule has 104 valence electrons. The minimum Gasteiger partial charge on any atom is -0.478 e. The largest absolute Gasteiger partial charge is 0.478 e. The zero-order valence-corrected chi connectivity index (χ0v) is 11.6. The first-order valence-electron chi connectivity index (χ1n) is 6.74. The highest BCUT2D eigenvalue weighted by atomic mass is 16.4. The average molecular weight is 271 g/mol. The van der Waals surface area contributed by atoms with Crippen LogP contribution in [0.2, 0.25) is 0 Å². The van der Waals surface area contributed by atoms with Crippen molar-refractivity contribution < 1.29 is 9.90 Å². The van der Waals surface area contributed by atoms with Gasteiger partial charge in [-0.2, -0.15) is 5.10 Å². The molecular weight excluding hydrogens is 254 g/mol. The van der Waals surface area contributed by atoms with Gasteiger partial charge in [0.15, 0.2) is 0 Å². The van der Waals surface area contributed by atoms with Crippen LogP contribution in [0.3, 0.4) is 0 Å². The Morgan fingerprint density at radius 1 is 1.40 bits per heavy atom. The number of anilines is 1. The molecule has 0 amide bonds. The van der Waals surface area contributed by atoms with Crippen molar-refractivity contribution in [2.45, 2.75) is 26.7 Å². The highest BCUT2D eigenvalue weighted by Crippen LogP contribution is 2.26. The lowest BCUT2D eigenvalue weighted by molar-refractivity contribution is 0.0695. The fraction of sp³-hybridized carbons (Fsp3) is 0.333. The highest BCUT2D eigenvalue weighted by molar-refractivity contribution is 5.90. The number of rotatable bonds is 2. The Kier molecular flexibility index (Phi) is 2.97. The molecule has 0 atom stereocenters. The summed E-state index contributed by atoms with van der Waals surface area (Å²) in [6.07, 6.45) is 2.23. The summed E-state index contributed by atoms with van der Waals surface area (Å²) in [6.45, 7) is 4.49. The van der Waals surface area contributed by atoms with Crippen molar-refractivity contribution >= 4 is 11.7 Å². The van der Waals surface area contributed by atoms with Crippen molar-refractivity contribution in [3.63, 3.8) is 0 Å². The molecular formula is C15H17N3O2. The molecule has 1 aromatic heterocycles. The molecule has 20 heavy (non-hydrogen) atoms. The van der Waals surface area contributed by atoms with Crippen LogP contribution in [0.1, 0.15) is 33.7 Å². The number of carbonyl (C=O) groups is 1. The number of hydrogen-bond donors (Lipinski definition) is 2. The highest BCUT2D eigenvalue weighted by Gasteiger charge is 2.19. The Balaban J connectivity index is 2.10. The van der Waals surface area contributed by atoms with Crippen molar-refractivity contribution in [1.82, 2.24) is 9.78 Å². The molecule has 0 aliphatic carbocycles. The van der Waals surface area contributed by atoms with E-state index in [-0.39, 0.29) is 5.56 Å². The summed E-state index contributed by atoms with van der Waals surface area (Å²) >= 11 is 0. The van der Waals surface area contributed by atoms with E-state index >= 15 is 0 Å². The third-order valence-corrected chi connectivity index (χ3v) is 3.78. The lowest BCUT2D eigenvalue weighted by atomic mass is 10.0. The van der Waals surface area contributed by atoms with Gasteiger partial charge < -0.3 is 10.4 Å². The summed E-state index contributed by atoms with van der Waals surface area (Å²) in [5, 5.41) is 17.0. The molecule has 2 aromatic rings. The fourth-order valence-corrected chi connectivity index (χ4v) is 2.78. The molecule has 0 saturated carbocycles. The Bertz CT molecular complexity index is 689. The lowest BCUT2D eigenvalue weighted by Gasteiger charge is -2.19. The van der Waals surface area contributed by atoms with Crippen LogP contribution in [0.15, 0.2) is 18.2 Å². The van der Waals surface area contributed by atoms with Crippen LogP contribution in [0.25, 0.3) is 5.69 Å². The zero-order valence-electron chi connectivity index (χ0n) is 11.6. The Morgan fingerprint density at radius 2 is 2.20 bits per heavy atom. The van der Waals surface area contributed by atoms with E-state index in [1.165, 1.54) is 5.56 Å². The number of benzene rings is 1. The normalized spacial score (nSPS) is 13.7. The summed E-state index contributed by atoms with van der Waals surface area (Å²) in [5.41, 5.74) is 4.81. The second-order valence-corrected chi connectivity index (χ2v) is 5.13. The molecule has 0 unspecified atom stereocenters. The molecule has 3 rings (SSSR count). The molecule has 2 N–H and O–H groups in total. The van der Waals surface area contributed by atoms with E-state index in [2.05, 4.69) is 16.5 Å². The maximum absolute atomic E-state index is 11.3. The SMILES string of the molecule is Cc1nn(-c2ccc3c(c2)NCCC3)c(C)c1C(=O)O. The van der Waals surface area contributed by atoms with Gasteiger partial charge in [0.25, 0.3) is 0 Å². The number of fused-ring (bicyclic) bond motifs is 1. The Labute approximate surface area is 117 Å². The summed E-state index contributed by atoms with van der Waals surface area (Å²) in [7, 11) is 0. The van der Waals surface area contributed by atoms with Crippen molar-refractivity contribution in [1.29, 1.82) is 0 Å². The van der Waals surface area contributed by atoms with Gasteiger partial charge in [-0.15, -0.1) is 0 Å². The molecule has 0 fully saturated rings. The van der Waals surface area contributed by atoms with Gasteiger partial charge in [0, 0.05) is 12.2 Å². The first kappa shape index (κ1) is 12.7. The molecule has 2 heterocycles. The summed E-state index contributed by atoms with van der Waals surface area (Å²) in [5.74, 6) is -0.928. The predicted molar refractivity (Wildman–Crippen MR) is 76.8 cm³/mol. The third-order valence-electron chi connectivity index (χ3n) is 3.78. The summed E-state index contributed by atoms with van der Waals surface area (Å²) < 4.78 is 1.70. The second-order valence-electron chi connectivity index (χ2n) is 5.13. The fourth-order valence-electron chi connectivity index (χ4n) is 2.78. The number of nitrogens with one attached hydrogen (secondary N) is 1. The van der Waals surface area contributed by atoms with E-state index in [0.29, 0.717) is 11.4 Å². The van der Waals surface area contributed by atoms with Crippen LogP contribution in [0.4, 0.5) is 5.69 Å². The van der Waals surface area contributed by atoms with Gasteiger partial charge in [0.2, 0.25) is 0 Å². The van der Waals surface area contributed by atoms with Gasteiger partial charge in [-0.3, -0.25) is 0 Å². The summed E-state index contributed by atoms with van der Waals surface area (Å²) in [6, 6.07) is 6.13. The smallest absolute Gasteiger partial charge is 0.339 e. The van der Waals surface area contributed by atoms with Crippen molar-refractivity contribution in [2.75, 3.05) is 11.9 Å². The van der Waals surface area contributed by atoms with E-state index in [1.807, 2.05) is 12.1 Å². The number of carboxylic acids is 1. The molecule has 1 aromatic carbocycles. The maximum Gasteiger partial charge on any atom is 0.339 e. The van der Waals surface area contributed by atoms with Gasteiger partial charge in [-0.25, -0.2) is 9.48 Å². The van der Waals surface area contributed by atoms with Gasteiger partial charge in [-0.1, -0.05) is 6.07 Å². The number of aromatic nitrogens is 2. The van der Waals surface area contributed by atoms with Gasteiger partial charge in [0.05, 0.1) is 17.1 Å². The Morgan fingerprint density at radius 3 is 2.90 bits per heavy atom. The summed E-state index contributed by atoms with van der Waals surface area (Å²) in [4.78, 5) is 11.3. The Hall–Kier alpha value is -2.30. The topological polar surface area (TPSA) is 67.2 Å². The third kappa shape index (κ3) is 1.95. The van der Waals surface area contributed by atoms with E-state index in [0.717, 1.165) is 30.8 Å². The van der Waals surface area contributed by atoms with Crippen LogP contribution >= 0.6 is 0 Å². The number of hydrogen-bond acceptors (Lipinski definition) is 3. The molecule has 0 radical (unpaired) electrons. The standard InChI is InChI=1S/C15H17N3O2/c1-9-14(15(19)20)10(2)18(17-9)12-6-5-11-4-3-7-16-13(11)8-12/h5-6,8,16H,3-4,7H2,1-2H3,(H,19,20). The minimum atomic E-state index is -0.928. The first-order valence-corrected chi connectivity index (χ1v) is 6.74. The predicted octanol–water partition coefficient (Wildman–Crippen LogP) is 2.55. The van der Waals surface area contributed by atoms with E-state index in [1.54, 1.807) is 18.5 Å². The van der Waals surface area contributed by atoms with E-state index in [4.69, 9.17) is 0 Å². The van der Waals surface area contributed by atoms with Crippen molar-refractivity contribution in [3.8, 4) is 5.69 Å². The number of carboxylic acid groups (broad SMARTS) is 1. The van der Waals surface area contributed by atoms with Gasteiger partial charge >= 0.3 is 5.97 Å². The van der Waals surface area contributed by atoms with Gasteiger partial charge in [-0.05, 0) is 44.4 Å². The number of aryl methyl sites for hydroxylation is 2. The number of nitrogens with zero attached hydrogens (tertiary/aromatic N) is 2. The van der Waals surface area contributed by atoms with E-state index in [9.17, 15) is 9.90 Å². The quantitative estimate of drug-likeness (QED) is 0.881. The van der Waals surface area contributed by atoms with Crippen LogP contribution in [-0.4, -0.2) is 27.4 Å². The van der Waals surface area contributed by atoms with Crippen LogP contribution < -0.4 is 5.32 Å². The minimum absolute atomic E-state index is 0.288. The van der Waals surface area contributed by atoms with E-state index < -0.39 is 5.97 Å². The lowest BCUT2D eigenvalue weighted by Crippen LogP contribution is -2.12. The van der Waals surface area contributed by atoms with Crippen molar-refractivity contribution in [2.24, 2.45) is 0 Å². The average Bonchev–Trinajstić information content (AvgIpc) is 2.73. The molecule has 0 bridgehead atoms. The molecule has 1 aliphatic heterocycles. The van der Waals surface area contributed by atoms with Gasteiger partial charge in [0.1, 0.15) is 5.56 Å². The molecule has 0 saturated heterocycles. The molecule has 1 aliphatic rings. The van der Waals surface area contributed by atoms with Crippen molar-refractivity contribution in [3.05, 3.63) is 40.7 Å².